The molecule has 1 aliphatic rings. The van der Waals surface area contributed by atoms with Gasteiger partial charge in [-0.05, 0) is 55.5 Å². The Morgan fingerprint density at radius 2 is 2.00 bits per heavy atom. The fourth-order valence-electron chi connectivity index (χ4n) is 3.79. The molecule has 0 unspecified atom stereocenters. The third-order valence-electron chi connectivity index (χ3n) is 5.47. The predicted octanol–water partition coefficient (Wildman–Crippen LogP) is 3.22. The molecule has 5 heteroatoms. The Kier molecular flexibility index (Phi) is 5.97. The summed E-state index contributed by atoms with van der Waals surface area (Å²) >= 11 is 0. The largest absolute Gasteiger partial charge is 0.396 e. The molecule has 1 fully saturated rings. The molecule has 0 spiro atoms. The molecule has 136 valence electrons. The Bertz CT molecular complexity index is 689. The molecule has 0 saturated heterocycles. The number of carbonyl (C=O) groups excluding carboxylic acids is 1. The van der Waals surface area contributed by atoms with Gasteiger partial charge in [0.15, 0.2) is 0 Å². The molecule has 1 aliphatic carbocycles. The molecule has 0 atom stereocenters. The van der Waals surface area contributed by atoms with E-state index in [1.807, 2.05) is 11.9 Å². The van der Waals surface area contributed by atoms with Crippen molar-refractivity contribution in [3.8, 4) is 0 Å². The number of aliphatic hydroxyl groups is 1. The van der Waals surface area contributed by atoms with Crippen molar-refractivity contribution in [1.82, 2.24) is 14.8 Å². The summed E-state index contributed by atoms with van der Waals surface area (Å²) in [6.07, 6.45) is 7.03. The molecule has 25 heavy (non-hydrogen) atoms. The molecular formula is C20H29N3O2. The van der Waals surface area contributed by atoms with Crippen molar-refractivity contribution in [3.63, 3.8) is 0 Å². The Labute approximate surface area is 149 Å². The van der Waals surface area contributed by atoms with Crippen LogP contribution < -0.4 is 5.32 Å². The van der Waals surface area contributed by atoms with E-state index in [2.05, 4.69) is 46.4 Å². The number of rotatable bonds is 6. The van der Waals surface area contributed by atoms with Crippen LogP contribution in [0.3, 0.4) is 0 Å². The lowest BCUT2D eigenvalue weighted by atomic mass is 9.86. The molecule has 0 aliphatic heterocycles. The van der Waals surface area contributed by atoms with E-state index in [0.717, 1.165) is 38.6 Å². The highest BCUT2D eigenvalue weighted by molar-refractivity contribution is 5.79. The number of urea groups is 1. The van der Waals surface area contributed by atoms with Crippen LogP contribution in [0, 0.1) is 5.92 Å². The molecule has 2 N–H and O–H groups in total. The first-order valence-electron chi connectivity index (χ1n) is 9.34. The molecule has 1 aromatic heterocycles. The summed E-state index contributed by atoms with van der Waals surface area (Å²) in [7, 11) is 1.89. The van der Waals surface area contributed by atoms with Crippen LogP contribution in [0.25, 0.3) is 10.9 Å². The van der Waals surface area contributed by atoms with Crippen molar-refractivity contribution in [2.24, 2.45) is 5.92 Å². The Balaban J connectivity index is 1.40. The average molecular weight is 343 g/mol. The number of amides is 2. The maximum atomic E-state index is 12.3. The summed E-state index contributed by atoms with van der Waals surface area (Å²) in [6, 6.07) is 10.8. The van der Waals surface area contributed by atoms with Crippen molar-refractivity contribution in [1.29, 1.82) is 0 Å². The Morgan fingerprint density at radius 1 is 1.24 bits per heavy atom. The first kappa shape index (κ1) is 17.8. The van der Waals surface area contributed by atoms with E-state index >= 15 is 0 Å². The van der Waals surface area contributed by atoms with Crippen molar-refractivity contribution in [2.75, 3.05) is 20.2 Å². The molecule has 3 rings (SSSR count). The van der Waals surface area contributed by atoms with Crippen LogP contribution in [0.2, 0.25) is 0 Å². The number of aromatic nitrogens is 1. The van der Waals surface area contributed by atoms with Crippen LogP contribution in [0.4, 0.5) is 4.79 Å². The highest BCUT2D eigenvalue weighted by Crippen LogP contribution is 2.26. The van der Waals surface area contributed by atoms with Gasteiger partial charge in [-0.15, -0.1) is 0 Å². The molecule has 5 nitrogen and oxygen atoms in total. The van der Waals surface area contributed by atoms with Crippen LogP contribution in [0.15, 0.2) is 36.5 Å². The summed E-state index contributed by atoms with van der Waals surface area (Å²) < 4.78 is 2.24. The lowest BCUT2D eigenvalue weighted by Gasteiger charge is -2.34. The van der Waals surface area contributed by atoms with Gasteiger partial charge in [-0.1, -0.05) is 18.2 Å². The zero-order valence-electron chi connectivity index (χ0n) is 15.0. The average Bonchev–Trinajstić information content (AvgIpc) is 3.07. The summed E-state index contributed by atoms with van der Waals surface area (Å²) in [5, 5.41) is 13.5. The van der Waals surface area contributed by atoms with Gasteiger partial charge in [0.2, 0.25) is 0 Å². The molecule has 1 aromatic carbocycles. The van der Waals surface area contributed by atoms with Crippen LogP contribution in [-0.2, 0) is 6.54 Å². The fourth-order valence-corrected chi connectivity index (χ4v) is 3.79. The number of hydrogen-bond donors (Lipinski definition) is 2. The standard InChI is InChI=1S/C20H29N3O2/c1-22(18-9-7-16(15-24)8-10-18)20(25)21-12-4-13-23-14-11-17-5-2-3-6-19(17)23/h2-3,5-6,11,14,16,18,24H,4,7-10,12-13,15H2,1H3,(H,21,25). The quantitative estimate of drug-likeness (QED) is 0.791. The summed E-state index contributed by atoms with van der Waals surface area (Å²) in [6.45, 7) is 1.86. The number of nitrogens with zero attached hydrogens (tertiary/aromatic N) is 2. The van der Waals surface area contributed by atoms with E-state index in [0.29, 0.717) is 18.5 Å². The second-order valence-electron chi connectivity index (χ2n) is 7.12. The van der Waals surface area contributed by atoms with E-state index in [4.69, 9.17) is 0 Å². The van der Waals surface area contributed by atoms with Gasteiger partial charge in [0.1, 0.15) is 0 Å². The van der Waals surface area contributed by atoms with Crippen LogP contribution in [0.1, 0.15) is 32.1 Å². The van der Waals surface area contributed by atoms with Gasteiger partial charge in [-0.3, -0.25) is 0 Å². The Morgan fingerprint density at radius 3 is 2.76 bits per heavy atom. The molecule has 0 radical (unpaired) electrons. The second-order valence-corrected chi connectivity index (χ2v) is 7.12. The number of para-hydroxylation sites is 1. The van der Waals surface area contributed by atoms with E-state index in [9.17, 15) is 9.90 Å². The molecule has 0 bridgehead atoms. The molecule has 1 saturated carbocycles. The summed E-state index contributed by atoms with van der Waals surface area (Å²) in [4.78, 5) is 14.2. The lowest BCUT2D eigenvalue weighted by molar-refractivity contribution is 0.134. The minimum atomic E-state index is 0.0183. The topological polar surface area (TPSA) is 57.5 Å². The molecule has 1 heterocycles. The first-order valence-corrected chi connectivity index (χ1v) is 9.34. The second kappa shape index (κ2) is 8.39. The van der Waals surface area contributed by atoms with Crippen molar-refractivity contribution < 1.29 is 9.90 Å². The van der Waals surface area contributed by atoms with Gasteiger partial charge in [0.25, 0.3) is 0 Å². The zero-order chi connectivity index (χ0) is 17.6. The minimum absolute atomic E-state index is 0.0183. The zero-order valence-corrected chi connectivity index (χ0v) is 15.0. The maximum absolute atomic E-state index is 12.3. The van der Waals surface area contributed by atoms with E-state index < -0.39 is 0 Å². The summed E-state index contributed by atoms with van der Waals surface area (Å²) in [5.41, 5.74) is 1.24. The van der Waals surface area contributed by atoms with Crippen molar-refractivity contribution >= 4 is 16.9 Å². The third kappa shape index (κ3) is 4.34. The van der Waals surface area contributed by atoms with Crippen LogP contribution in [-0.4, -0.2) is 46.8 Å². The number of fused-ring (bicyclic) bond motifs is 1. The van der Waals surface area contributed by atoms with Crippen molar-refractivity contribution in [2.45, 2.75) is 44.7 Å². The smallest absolute Gasteiger partial charge is 0.317 e. The number of nitrogens with one attached hydrogen (secondary N) is 1. The minimum Gasteiger partial charge on any atom is -0.396 e. The number of benzene rings is 1. The Hall–Kier alpha value is -2.01. The highest BCUT2D eigenvalue weighted by Gasteiger charge is 2.25. The van der Waals surface area contributed by atoms with E-state index in [1.165, 1.54) is 10.9 Å². The van der Waals surface area contributed by atoms with Gasteiger partial charge in [-0.25, -0.2) is 4.79 Å². The van der Waals surface area contributed by atoms with Gasteiger partial charge >= 0.3 is 6.03 Å². The number of aryl methyl sites for hydroxylation is 1. The first-order chi connectivity index (χ1) is 12.2. The fraction of sp³-hybridized carbons (Fsp3) is 0.550. The molecule has 2 aromatic rings. The van der Waals surface area contributed by atoms with Gasteiger partial charge < -0.3 is 19.9 Å². The highest BCUT2D eigenvalue weighted by atomic mass is 16.3. The van der Waals surface area contributed by atoms with Crippen LogP contribution in [0.5, 0.6) is 0 Å². The predicted molar refractivity (Wildman–Crippen MR) is 101 cm³/mol. The van der Waals surface area contributed by atoms with Gasteiger partial charge in [-0.2, -0.15) is 0 Å². The maximum Gasteiger partial charge on any atom is 0.317 e. The number of hydrogen-bond acceptors (Lipinski definition) is 2. The van der Waals surface area contributed by atoms with Crippen molar-refractivity contribution in [3.05, 3.63) is 36.5 Å². The monoisotopic (exact) mass is 343 g/mol. The number of aliphatic hydroxyl groups excluding tert-OH is 1. The van der Waals surface area contributed by atoms with Crippen LogP contribution >= 0.6 is 0 Å². The van der Waals surface area contributed by atoms with Gasteiger partial charge in [0, 0.05) is 44.5 Å². The third-order valence-corrected chi connectivity index (χ3v) is 5.47. The van der Waals surface area contributed by atoms with E-state index in [1.54, 1.807) is 0 Å². The normalized spacial score (nSPS) is 20.6. The van der Waals surface area contributed by atoms with E-state index in [-0.39, 0.29) is 12.6 Å². The lowest BCUT2D eigenvalue weighted by Crippen LogP contribution is -2.45. The molecular weight excluding hydrogens is 314 g/mol. The number of carbonyl (C=O) groups is 1. The van der Waals surface area contributed by atoms with Gasteiger partial charge in [0.05, 0.1) is 0 Å². The SMILES string of the molecule is CN(C(=O)NCCCn1ccc2ccccc21)C1CCC(CO)CC1. The summed E-state index contributed by atoms with van der Waals surface area (Å²) in [5.74, 6) is 0.420. The molecule has 2 amide bonds.